The van der Waals surface area contributed by atoms with E-state index in [-0.39, 0.29) is 25.0 Å². The summed E-state index contributed by atoms with van der Waals surface area (Å²) in [4.78, 5) is 22.2. The first kappa shape index (κ1) is 22.3. The lowest BCUT2D eigenvalue weighted by atomic mass is 10.2. The molecule has 0 spiro atoms. The van der Waals surface area contributed by atoms with Crippen molar-refractivity contribution in [2.75, 3.05) is 32.9 Å². The second-order valence-electron chi connectivity index (χ2n) is 6.12. The van der Waals surface area contributed by atoms with E-state index in [9.17, 15) is 9.46 Å². The molecule has 0 radical (unpaired) electrons. The summed E-state index contributed by atoms with van der Waals surface area (Å²) in [5, 5.41) is 0.385. The Kier molecular flexibility index (Phi) is 7.11. The van der Waals surface area contributed by atoms with E-state index < -0.39 is 13.9 Å². The molecule has 30 heavy (non-hydrogen) atoms. The standard InChI is InChI=1S/C17H21ClN5O6P/c1-26-13-4-3-11(7-12(13)18)8-29-30(24,25)10-28-6-5-23-9-20-14-15(23)21-17(19)22-16(14)27-2/h3-4,7,9H,5-6,8,10H2,1-2H3,(H,24,25)(H2,19,21,22). The first-order valence-corrected chi connectivity index (χ1v) is 10.9. The van der Waals surface area contributed by atoms with Gasteiger partial charge in [0, 0.05) is 6.54 Å². The second-order valence-corrected chi connectivity index (χ2v) is 8.32. The van der Waals surface area contributed by atoms with Gasteiger partial charge in [0.05, 0.1) is 38.8 Å². The summed E-state index contributed by atoms with van der Waals surface area (Å²) in [5.41, 5.74) is 7.24. The van der Waals surface area contributed by atoms with E-state index in [1.165, 1.54) is 20.5 Å². The number of nitrogens with zero attached hydrogens (tertiary/aromatic N) is 4. The average Bonchev–Trinajstić information content (AvgIpc) is 3.12. The third-order valence-corrected chi connectivity index (χ3v) is 5.36. The summed E-state index contributed by atoms with van der Waals surface area (Å²) in [7, 11) is -0.992. The van der Waals surface area contributed by atoms with Crippen LogP contribution >= 0.6 is 19.2 Å². The monoisotopic (exact) mass is 457 g/mol. The van der Waals surface area contributed by atoms with Gasteiger partial charge in [-0.25, -0.2) is 4.98 Å². The molecular formula is C17H21ClN5O6P. The molecular weight excluding hydrogens is 437 g/mol. The summed E-state index contributed by atoms with van der Waals surface area (Å²) >= 11 is 6.03. The maximum absolute atomic E-state index is 12.2. The largest absolute Gasteiger partial charge is 0.495 e. The predicted molar refractivity (Wildman–Crippen MR) is 110 cm³/mol. The van der Waals surface area contributed by atoms with E-state index in [2.05, 4.69) is 15.0 Å². The Morgan fingerprint density at radius 3 is 2.77 bits per heavy atom. The lowest BCUT2D eigenvalue weighted by molar-refractivity contribution is 0.136. The Morgan fingerprint density at radius 2 is 2.07 bits per heavy atom. The van der Waals surface area contributed by atoms with Crippen LogP contribution in [0.2, 0.25) is 5.02 Å². The highest BCUT2D eigenvalue weighted by Crippen LogP contribution is 2.43. The molecule has 0 aliphatic heterocycles. The zero-order chi connectivity index (χ0) is 21.7. The molecule has 2 aromatic heterocycles. The molecule has 0 fully saturated rings. The molecule has 2 heterocycles. The third-order valence-electron chi connectivity index (χ3n) is 4.02. The minimum atomic E-state index is -3.95. The summed E-state index contributed by atoms with van der Waals surface area (Å²) in [6, 6.07) is 4.95. The van der Waals surface area contributed by atoms with Crippen molar-refractivity contribution in [2.24, 2.45) is 0 Å². The van der Waals surface area contributed by atoms with Gasteiger partial charge in [-0.15, -0.1) is 0 Å². The molecule has 3 aromatic rings. The van der Waals surface area contributed by atoms with Gasteiger partial charge in [0.15, 0.2) is 11.2 Å². The van der Waals surface area contributed by atoms with Crippen molar-refractivity contribution >= 4 is 36.3 Å². The van der Waals surface area contributed by atoms with E-state index in [1.54, 1.807) is 22.8 Å². The zero-order valence-electron chi connectivity index (χ0n) is 16.3. The molecule has 0 amide bonds. The Balaban J connectivity index is 1.51. The first-order valence-electron chi connectivity index (χ1n) is 8.72. The normalized spacial score (nSPS) is 13.3. The quantitative estimate of drug-likeness (QED) is 0.344. The fourth-order valence-corrected chi connectivity index (χ4v) is 3.66. The van der Waals surface area contributed by atoms with Crippen LogP contribution in [0, 0.1) is 0 Å². The van der Waals surface area contributed by atoms with Gasteiger partial charge in [-0.05, 0) is 17.7 Å². The molecule has 0 saturated heterocycles. The number of nitrogens with two attached hydrogens (primary N) is 1. The topological polar surface area (TPSA) is 144 Å². The summed E-state index contributed by atoms with van der Waals surface area (Å²) in [5.74, 6) is 0.825. The minimum absolute atomic E-state index is 0.0499. The highest BCUT2D eigenvalue weighted by atomic mass is 35.5. The van der Waals surface area contributed by atoms with Crippen molar-refractivity contribution in [3.05, 3.63) is 35.1 Å². The number of rotatable bonds is 10. The van der Waals surface area contributed by atoms with Gasteiger partial charge in [-0.1, -0.05) is 17.7 Å². The smallest absolute Gasteiger partial charge is 0.353 e. The van der Waals surface area contributed by atoms with Gasteiger partial charge < -0.3 is 33.9 Å². The molecule has 0 saturated carbocycles. The molecule has 0 aliphatic carbocycles. The number of hydrogen-bond donors (Lipinski definition) is 2. The van der Waals surface area contributed by atoms with Crippen LogP contribution in [0.5, 0.6) is 11.6 Å². The highest BCUT2D eigenvalue weighted by molar-refractivity contribution is 7.52. The maximum atomic E-state index is 12.2. The number of fused-ring (bicyclic) bond motifs is 1. The fraction of sp³-hybridized carbons (Fsp3) is 0.353. The molecule has 3 rings (SSSR count). The van der Waals surface area contributed by atoms with E-state index in [4.69, 9.17) is 36.1 Å². The SMILES string of the molecule is COc1ccc(COP(=O)(O)COCCn2cnc3c(OC)nc(N)nc32)cc1Cl. The van der Waals surface area contributed by atoms with E-state index >= 15 is 0 Å². The average molecular weight is 458 g/mol. The van der Waals surface area contributed by atoms with Crippen molar-refractivity contribution in [1.29, 1.82) is 0 Å². The predicted octanol–water partition coefficient (Wildman–Crippen LogP) is 2.46. The summed E-state index contributed by atoms with van der Waals surface area (Å²) in [6.45, 7) is 0.354. The van der Waals surface area contributed by atoms with Crippen molar-refractivity contribution in [2.45, 2.75) is 13.2 Å². The molecule has 13 heteroatoms. The molecule has 11 nitrogen and oxygen atoms in total. The van der Waals surface area contributed by atoms with Gasteiger partial charge in [0.25, 0.3) is 0 Å². The molecule has 0 aliphatic rings. The number of nitrogen functional groups attached to an aromatic ring is 1. The molecule has 1 unspecified atom stereocenters. The lowest BCUT2D eigenvalue weighted by Gasteiger charge is -2.13. The van der Waals surface area contributed by atoms with Crippen LogP contribution in [0.1, 0.15) is 5.56 Å². The van der Waals surface area contributed by atoms with E-state index in [0.717, 1.165) is 0 Å². The number of imidazole rings is 1. The molecule has 1 atom stereocenters. The van der Waals surface area contributed by atoms with Crippen LogP contribution < -0.4 is 15.2 Å². The van der Waals surface area contributed by atoms with Gasteiger partial charge >= 0.3 is 7.60 Å². The van der Waals surface area contributed by atoms with Crippen LogP contribution in [-0.2, 0) is 27.0 Å². The number of hydrogen-bond acceptors (Lipinski definition) is 9. The zero-order valence-corrected chi connectivity index (χ0v) is 18.0. The third kappa shape index (κ3) is 5.38. The van der Waals surface area contributed by atoms with Gasteiger partial charge in [-0.3, -0.25) is 4.57 Å². The van der Waals surface area contributed by atoms with Crippen LogP contribution in [0.3, 0.4) is 0 Å². The Labute approximate surface area is 177 Å². The van der Waals surface area contributed by atoms with Crippen LogP contribution in [0.4, 0.5) is 5.95 Å². The van der Waals surface area contributed by atoms with Crippen molar-refractivity contribution in [3.63, 3.8) is 0 Å². The second kappa shape index (κ2) is 9.59. The molecule has 1 aromatic carbocycles. The molecule has 162 valence electrons. The Hall–Kier alpha value is -2.43. The highest BCUT2D eigenvalue weighted by Gasteiger charge is 2.20. The number of methoxy groups -OCH3 is 2. The Bertz CT molecular complexity index is 1080. The van der Waals surface area contributed by atoms with Gasteiger partial charge in [-0.2, -0.15) is 9.97 Å². The van der Waals surface area contributed by atoms with Crippen molar-refractivity contribution in [1.82, 2.24) is 19.5 Å². The van der Waals surface area contributed by atoms with Gasteiger partial charge in [0.2, 0.25) is 11.8 Å². The first-order chi connectivity index (χ1) is 14.3. The fourth-order valence-electron chi connectivity index (χ4n) is 2.60. The van der Waals surface area contributed by atoms with Gasteiger partial charge in [0.1, 0.15) is 12.1 Å². The minimum Gasteiger partial charge on any atom is -0.495 e. The molecule has 3 N–H and O–H groups in total. The number of halogens is 1. The number of ether oxygens (including phenoxy) is 3. The van der Waals surface area contributed by atoms with Crippen LogP contribution in [-0.4, -0.2) is 51.6 Å². The number of benzene rings is 1. The van der Waals surface area contributed by atoms with Crippen LogP contribution in [0.25, 0.3) is 11.2 Å². The van der Waals surface area contributed by atoms with E-state index in [0.29, 0.717) is 34.0 Å². The summed E-state index contributed by atoms with van der Waals surface area (Å²) in [6.07, 6.45) is 1.07. The summed E-state index contributed by atoms with van der Waals surface area (Å²) < 4.78 is 34.5. The molecule has 0 bridgehead atoms. The number of aromatic nitrogens is 4. The van der Waals surface area contributed by atoms with Crippen LogP contribution in [0.15, 0.2) is 24.5 Å². The maximum Gasteiger partial charge on any atom is 0.353 e. The van der Waals surface area contributed by atoms with Crippen molar-refractivity contribution in [3.8, 4) is 11.6 Å². The van der Waals surface area contributed by atoms with E-state index in [1.807, 2.05) is 0 Å². The van der Waals surface area contributed by atoms with Crippen molar-refractivity contribution < 1.29 is 28.2 Å². The number of anilines is 1. The lowest BCUT2D eigenvalue weighted by Crippen LogP contribution is -2.08. The Morgan fingerprint density at radius 1 is 1.27 bits per heavy atom.